The van der Waals surface area contributed by atoms with Crippen molar-refractivity contribution in [1.29, 1.82) is 0 Å². The molecule has 4 rings (SSSR count). The smallest absolute Gasteiger partial charge is 0.262 e. The molecule has 4 aromatic rings. The molecule has 0 saturated carbocycles. The molecule has 1 N–H and O–H groups in total. The van der Waals surface area contributed by atoms with E-state index < -0.39 is 0 Å². The van der Waals surface area contributed by atoms with E-state index in [1.165, 1.54) is 0 Å². The van der Waals surface area contributed by atoms with E-state index >= 15 is 0 Å². The summed E-state index contributed by atoms with van der Waals surface area (Å²) in [6.45, 7) is 1.88. The minimum atomic E-state index is -0.265. The minimum absolute atomic E-state index is 0.103. The molecule has 144 valence electrons. The van der Waals surface area contributed by atoms with Gasteiger partial charge in [-0.25, -0.2) is 4.98 Å². The average Bonchev–Trinajstić information content (AvgIpc) is 3.31. The number of hydrogen-bond acceptors (Lipinski definition) is 7. The van der Waals surface area contributed by atoms with Crippen molar-refractivity contribution in [2.24, 2.45) is 0 Å². The number of aromatic nitrogens is 1. The second kappa shape index (κ2) is 7.65. The molecule has 0 atom stereocenters. The number of nitrogens with one attached hydrogen (secondary N) is 1. The van der Waals surface area contributed by atoms with E-state index in [4.69, 9.17) is 14.2 Å². The summed E-state index contributed by atoms with van der Waals surface area (Å²) in [7, 11) is 3.12. The Kier molecular flexibility index (Phi) is 5.06. The molecule has 0 aliphatic rings. The zero-order valence-corrected chi connectivity index (χ0v) is 17.2. The van der Waals surface area contributed by atoms with Crippen LogP contribution >= 0.6 is 22.7 Å². The molecule has 0 saturated heterocycles. The van der Waals surface area contributed by atoms with Gasteiger partial charge in [-0.3, -0.25) is 4.79 Å². The number of aryl methyl sites for hydroxylation is 1. The average molecular weight is 415 g/mol. The molecule has 6 nitrogen and oxygen atoms in total. The van der Waals surface area contributed by atoms with Gasteiger partial charge in [0.25, 0.3) is 5.91 Å². The van der Waals surface area contributed by atoms with E-state index in [2.05, 4.69) is 10.3 Å². The molecule has 2 aromatic heterocycles. The lowest BCUT2D eigenvalue weighted by atomic mass is 10.2. The fourth-order valence-corrected chi connectivity index (χ4v) is 4.76. The second-order valence-corrected chi connectivity index (χ2v) is 8.21. The highest BCUT2D eigenvalue weighted by Crippen LogP contribution is 2.38. The van der Waals surface area contributed by atoms with Crippen molar-refractivity contribution in [2.45, 2.75) is 6.92 Å². The molecule has 2 aromatic carbocycles. The first-order chi connectivity index (χ1) is 13.6. The standard InChI is InChI=1S/C20H18N2O4S2/c1-11-21-19-17(28-11)9-16(15-4-5-27-20(15)19)26-10-18(23)22-12-6-13(24-2)8-14(7-12)25-3/h4-9H,10H2,1-3H3,(H,22,23). The summed E-state index contributed by atoms with van der Waals surface area (Å²) in [6.07, 6.45) is 0. The monoisotopic (exact) mass is 414 g/mol. The molecule has 0 unspecified atom stereocenters. The number of ether oxygens (including phenoxy) is 3. The normalized spacial score (nSPS) is 11.0. The number of thiazole rings is 1. The molecule has 1 amide bonds. The van der Waals surface area contributed by atoms with Crippen LogP contribution in [-0.4, -0.2) is 31.7 Å². The first-order valence-corrected chi connectivity index (χ1v) is 10.2. The van der Waals surface area contributed by atoms with Gasteiger partial charge in [-0.2, -0.15) is 0 Å². The molecular formula is C20H18N2O4S2. The Morgan fingerprint density at radius 2 is 1.89 bits per heavy atom. The molecule has 28 heavy (non-hydrogen) atoms. The lowest BCUT2D eigenvalue weighted by Gasteiger charge is -2.11. The Hall–Kier alpha value is -2.84. The third-order valence-corrected chi connectivity index (χ3v) is 6.00. The van der Waals surface area contributed by atoms with E-state index in [9.17, 15) is 4.79 Å². The largest absolute Gasteiger partial charge is 0.497 e. The first-order valence-electron chi connectivity index (χ1n) is 8.50. The van der Waals surface area contributed by atoms with Crippen LogP contribution < -0.4 is 19.5 Å². The molecule has 2 heterocycles. The van der Waals surface area contributed by atoms with Crippen LogP contribution in [0, 0.1) is 6.92 Å². The third kappa shape index (κ3) is 3.61. The van der Waals surface area contributed by atoms with Gasteiger partial charge in [0.1, 0.15) is 17.2 Å². The van der Waals surface area contributed by atoms with Gasteiger partial charge < -0.3 is 19.5 Å². The van der Waals surface area contributed by atoms with Crippen LogP contribution in [0.15, 0.2) is 35.7 Å². The van der Waals surface area contributed by atoms with E-state index in [0.717, 1.165) is 25.3 Å². The first kappa shape index (κ1) is 18.5. The van der Waals surface area contributed by atoms with Gasteiger partial charge >= 0.3 is 0 Å². The number of rotatable bonds is 6. The minimum Gasteiger partial charge on any atom is -0.497 e. The van der Waals surface area contributed by atoms with Gasteiger partial charge in [0, 0.05) is 35.3 Å². The number of benzene rings is 2. The lowest BCUT2D eigenvalue weighted by molar-refractivity contribution is -0.118. The number of methoxy groups -OCH3 is 2. The quantitative estimate of drug-likeness (QED) is 0.488. The number of nitrogens with zero attached hydrogens (tertiary/aromatic N) is 1. The van der Waals surface area contributed by atoms with E-state index in [1.54, 1.807) is 55.1 Å². The predicted molar refractivity (Wildman–Crippen MR) is 113 cm³/mol. The van der Waals surface area contributed by atoms with Crippen molar-refractivity contribution in [3.05, 3.63) is 40.7 Å². The van der Waals surface area contributed by atoms with Crippen LogP contribution in [0.5, 0.6) is 17.2 Å². The molecule has 0 spiro atoms. The molecular weight excluding hydrogens is 396 g/mol. The van der Waals surface area contributed by atoms with E-state index in [-0.39, 0.29) is 12.5 Å². The molecule has 0 fully saturated rings. The maximum atomic E-state index is 12.4. The zero-order chi connectivity index (χ0) is 19.7. The van der Waals surface area contributed by atoms with Gasteiger partial charge in [-0.15, -0.1) is 22.7 Å². The van der Waals surface area contributed by atoms with Crippen LogP contribution in [0.3, 0.4) is 0 Å². The summed E-state index contributed by atoms with van der Waals surface area (Å²) in [6, 6.07) is 9.14. The lowest BCUT2D eigenvalue weighted by Crippen LogP contribution is -2.20. The number of fused-ring (bicyclic) bond motifs is 3. The summed E-state index contributed by atoms with van der Waals surface area (Å²) in [5.41, 5.74) is 1.58. The van der Waals surface area contributed by atoms with Crippen molar-refractivity contribution < 1.29 is 19.0 Å². The molecule has 0 aliphatic carbocycles. The summed E-state index contributed by atoms with van der Waals surface area (Å²) >= 11 is 3.24. The SMILES string of the molecule is COc1cc(NC(=O)COc2cc3sc(C)nc3c3sccc23)cc(OC)c1. The van der Waals surface area contributed by atoms with Crippen LogP contribution in [0.2, 0.25) is 0 Å². The Balaban J connectivity index is 1.53. The van der Waals surface area contributed by atoms with Crippen LogP contribution in [0.25, 0.3) is 20.3 Å². The number of anilines is 1. The molecule has 0 radical (unpaired) electrons. The Morgan fingerprint density at radius 1 is 1.14 bits per heavy atom. The highest BCUT2D eigenvalue weighted by molar-refractivity contribution is 7.21. The molecule has 8 heteroatoms. The number of thiophene rings is 1. The van der Waals surface area contributed by atoms with Crippen molar-refractivity contribution in [3.63, 3.8) is 0 Å². The maximum absolute atomic E-state index is 12.4. The van der Waals surface area contributed by atoms with Crippen LogP contribution in [-0.2, 0) is 4.79 Å². The van der Waals surface area contributed by atoms with Gasteiger partial charge in [0.2, 0.25) is 0 Å². The van der Waals surface area contributed by atoms with Gasteiger partial charge in [0.05, 0.1) is 34.1 Å². The highest BCUT2D eigenvalue weighted by Gasteiger charge is 2.14. The number of amides is 1. The van der Waals surface area contributed by atoms with Gasteiger partial charge in [-0.1, -0.05) is 0 Å². The van der Waals surface area contributed by atoms with Crippen LogP contribution in [0.4, 0.5) is 5.69 Å². The summed E-state index contributed by atoms with van der Waals surface area (Å²) in [5, 5.41) is 6.80. The second-order valence-electron chi connectivity index (χ2n) is 6.06. The predicted octanol–water partition coefficient (Wildman–Crippen LogP) is 4.85. The molecule has 0 bridgehead atoms. The fraction of sp³-hybridized carbons (Fsp3) is 0.200. The van der Waals surface area contributed by atoms with Crippen molar-refractivity contribution in [2.75, 3.05) is 26.1 Å². The fourth-order valence-electron chi connectivity index (χ4n) is 2.93. The number of hydrogen-bond donors (Lipinski definition) is 1. The van der Waals surface area contributed by atoms with Crippen molar-refractivity contribution in [1.82, 2.24) is 4.98 Å². The van der Waals surface area contributed by atoms with Crippen molar-refractivity contribution in [3.8, 4) is 17.2 Å². The summed E-state index contributed by atoms with van der Waals surface area (Å²) in [4.78, 5) is 17.0. The third-order valence-electron chi connectivity index (χ3n) is 4.16. The maximum Gasteiger partial charge on any atom is 0.262 e. The zero-order valence-electron chi connectivity index (χ0n) is 15.6. The Bertz CT molecular complexity index is 1140. The highest BCUT2D eigenvalue weighted by atomic mass is 32.1. The van der Waals surface area contributed by atoms with E-state index in [0.29, 0.717) is 22.9 Å². The van der Waals surface area contributed by atoms with Gasteiger partial charge in [-0.05, 0) is 18.4 Å². The van der Waals surface area contributed by atoms with Gasteiger partial charge in [0.15, 0.2) is 6.61 Å². The van der Waals surface area contributed by atoms with E-state index in [1.807, 2.05) is 24.4 Å². The van der Waals surface area contributed by atoms with Crippen molar-refractivity contribution >= 4 is 54.6 Å². The summed E-state index contributed by atoms with van der Waals surface area (Å²) in [5.74, 6) is 1.62. The van der Waals surface area contributed by atoms with Crippen LogP contribution in [0.1, 0.15) is 5.01 Å². The Labute approximate surface area is 169 Å². The Morgan fingerprint density at radius 3 is 2.61 bits per heavy atom. The summed E-state index contributed by atoms with van der Waals surface area (Å²) < 4.78 is 18.4. The topological polar surface area (TPSA) is 69.7 Å². The number of carbonyl (C=O) groups excluding carboxylic acids is 1. The molecule has 0 aliphatic heterocycles. The number of carbonyl (C=O) groups is 1.